The number of rotatable bonds is 4. The zero-order valence-electron chi connectivity index (χ0n) is 28.5. The van der Waals surface area contributed by atoms with Gasteiger partial charge in [-0.15, -0.1) is 0 Å². The Kier molecular flexibility index (Phi) is 6.23. The highest BCUT2D eigenvalue weighted by Crippen LogP contribution is 2.63. The molecule has 0 amide bonds. The molecule has 0 unspecified atom stereocenters. The smallest absolute Gasteiger partial charge is 0.0725 e. The molecule has 11 rings (SSSR count). The Labute approximate surface area is 303 Å². The van der Waals surface area contributed by atoms with E-state index in [4.69, 9.17) is 0 Å². The Morgan fingerprint density at radius 3 is 1.50 bits per heavy atom. The van der Waals surface area contributed by atoms with E-state index < -0.39 is 0 Å². The molecule has 2 aliphatic rings. The quantitative estimate of drug-likeness (QED) is 0.170. The third-order valence-electron chi connectivity index (χ3n) is 11.5. The second kappa shape index (κ2) is 11.2. The molecule has 9 aromatic carbocycles. The third kappa shape index (κ3) is 4.05. The molecule has 1 heteroatoms. The van der Waals surface area contributed by atoms with E-state index in [-0.39, 0.29) is 5.41 Å². The first-order valence-electron chi connectivity index (χ1n) is 18.1. The molecule has 0 aliphatic heterocycles. The number of fused-ring (bicyclic) bond motifs is 13. The SMILES string of the molecule is c1ccc(N(c2ccc(-c3ccc4c(ccc5ccccc54)c3)cc2)c2ccc3c(c2)-c2ccccc2C32c3ccccc3-c3ccccc32)cc1. The number of hydrogen-bond acceptors (Lipinski definition) is 1. The van der Waals surface area contributed by atoms with E-state index in [1.54, 1.807) is 0 Å². The zero-order chi connectivity index (χ0) is 34.2. The Hall–Kier alpha value is -6.70. The predicted octanol–water partition coefficient (Wildman–Crippen LogP) is 13.5. The molecule has 0 N–H and O–H groups in total. The van der Waals surface area contributed by atoms with Gasteiger partial charge in [-0.3, -0.25) is 0 Å². The first-order valence-corrected chi connectivity index (χ1v) is 18.1. The summed E-state index contributed by atoms with van der Waals surface area (Å²) < 4.78 is 0. The average Bonchev–Trinajstić information content (AvgIpc) is 3.68. The van der Waals surface area contributed by atoms with E-state index in [2.05, 4.69) is 205 Å². The van der Waals surface area contributed by atoms with E-state index in [0.717, 1.165) is 17.1 Å². The maximum Gasteiger partial charge on any atom is 0.0725 e. The Morgan fingerprint density at radius 1 is 0.288 bits per heavy atom. The summed E-state index contributed by atoms with van der Waals surface area (Å²) in [5.74, 6) is 0. The van der Waals surface area contributed by atoms with Crippen molar-refractivity contribution < 1.29 is 0 Å². The second-order valence-corrected chi connectivity index (χ2v) is 14.1. The molecule has 52 heavy (non-hydrogen) atoms. The fourth-order valence-corrected chi connectivity index (χ4v) is 9.25. The molecular weight excluding hydrogens is 627 g/mol. The van der Waals surface area contributed by atoms with Gasteiger partial charge in [0.25, 0.3) is 0 Å². The average molecular weight is 660 g/mol. The molecule has 0 atom stereocenters. The van der Waals surface area contributed by atoms with Crippen molar-refractivity contribution in [3.8, 4) is 33.4 Å². The maximum absolute atomic E-state index is 2.42. The van der Waals surface area contributed by atoms with E-state index in [1.165, 1.54) is 77.2 Å². The lowest BCUT2D eigenvalue weighted by molar-refractivity contribution is 0.794. The van der Waals surface area contributed by atoms with Crippen LogP contribution in [0.15, 0.2) is 200 Å². The highest BCUT2D eigenvalue weighted by Gasteiger charge is 2.51. The highest BCUT2D eigenvalue weighted by molar-refractivity contribution is 6.08. The van der Waals surface area contributed by atoms with Gasteiger partial charge in [-0.25, -0.2) is 0 Å². The lowest BCUT2D eigenvalue weighted by Gasteiger charge is -2.31. The van der Waals surface area contributed by atoms with Crippen molar-refractivity contribution in [3.63, 3.8) is 0 Å². The van der Waals surface area contributed by atoms with Gasteiger partial charge in [0.15, 0.2) is 0 Å². The van der Waals surface area contributed by atoms with Crippen LogP contribution in [0.4, 0.5) is 17.1 Å². The summed E-state index contributed by atoms with van der Waals surface area (Å²) in [7, 11) is 0. The van der Waals surface area contributed by atoms with Crippen LogP contribution in [0.3, 0.4) is 0 Å². The summed E-state index contributed by atoms with van der Waals surface area (Å²) in [5, 5.41) is 5.12. The summed E-state index contributed by atoms with van der Waals surface area (Å²) in [6, 6.07) is 73.9. The fourth-order valence-electron chi connectivity index (χ4n) is 9.25. The van der Waals surface area contributed by atoms with Gasteiger partial charge in [0.2, 0.25) is 0 Å². The Bertz CT molecular complexity index is 2800. The summed E-state index contributed by atoms with van der Waals surface area (Å²) in [5.41, 5.74) is 16.2. The first-order chi connectivity index (χ1) is 25.8. The molecule has 0 fully saturated rings. The highest BCUT2D eigenvalue weighted by atomic mass is 15.1. The van der Waals surface area contributed by atoms with E-state index in [0.29, 0.717) is 0 Å². The van der Waals surface area contributed by atoms with Crippen molar-refractivity contribution in [2.45, 2.75) is 5.41 Å². The molecule has 1 nitrogen and oxygen atoms in total. The second-order valence-electron chi connectivity index (χ2n) is 14.1. The van der Waals surface area contributed by atoms with Crippen LogP contribution in [0.2, 0.25) is 0 Å². The summed E-state index contributed by atoms with van der Waals surface area (Å²) in [6.45, 7) is 0. The largest absolute Gasteiger partial charge is 0.310 e. The minimum atomic E-state index is -0.344. The van der Waals surface area contributed by atoms with Crippen molar-refractivity contribution in [3.05, 3.63) is 222 Å². The van der Waals surface area contributed by atoms with Gasteiger partial charge in [-0.2, -0.15) is 0 Å². The molecule has 0 heterocycles. The number of anilines is 3. The normalized spacial score (nSPS) is 13.2. The van der Waals surface area contributed by atoms with Gasteiger partial charge < -0.3 is 4.90 Å². The molecule has 0 aromatic heterocycles. The molecule has 1 spiro atoms. The van der Waals surface area contributed by atoms with Crippen LogP contribution in [-0.4, -0.2) is 0 Å². The molecule has 0 radical (unpaired) electrons. The summed E-state index contributed by atoms with van der Waals surface area (Å²) in [4.78, 5) is 2.39. The van der Waals surface area contributed by atoms with Gasteiger partial charge >= 0.3 is 0 Å². The van der Waals surface area contributed by atoms with E-state index in [9.17, 15) is 0 Å². The molecule has 0 bridgehead atoms. The maximum atomic E-state index is 2.42. The number of hydrogen-bond donors (Lipinski definition) is 0. The summed E-state index contributed by atoms with van der Waals surface area (Å²) >= 11 is 0. The number of benzene rings is 9. The molecule has 0 saturated carbocycles. The topological polar surface area (TPSA) is 3.24 Å². The van der Waals surface area contributed by atoms with Crippen molar-refractivity contribution in [2.24, 2.45) is 0 Å². The predicted molar refractivity (Wildman–Crippen MR) is 218 cm³/mol. The molecule has 9 aromatic rings. The van der Waals surface area contributed by atoms with Crippen molar-refractivity contribution in [1.82, 2.24) is 0 Å². The first kappa shape index (κ1) is 29.1. The van der Waals surface area contributed by atoms with Crippen molar-refractivity contribution in [1.29, 1.82) is 0 Å². The van der Waals surface area contributed by atoms with Crippen LogP contribution < -0.4 is 4.90 Å². The molecule has 0 saturated heterocycles. The molecular formula is C51H33N. The Balaban J connectivity index is 1.05. The monoisotopic (exact) mass is 659 g/mol. The van der Waals surface area contributed by atoms with Crippen LogP contribution >= 0.6 is 0 Å². The van der Waals surface area contributed by atoms with Gasteiger partial charge in [0.05, 0.1) is 5.41 Å². The van der Waals surface area contributed by atoms with Crippen LogP contribution in [0.5, 0.6) is 0 Å². The van der Waals surface area contributed by atoms with Crippen LogP contribution in [0, 0.1) is 0 Å². The third-order valence-corrected chi connectivity index (χ3v) is 11.5. The van der Waals surface area contributed by atoms with Crippen LogP contribution in [-0.2, 0) is 5.41 Å². The Morgan fingerprint density at radius 2 is 0.788 bits per heavy atom. The number of nitrogens with zero attached hydrogens (tertiary/aromatic N) is 1. The van der Waals surface area contributed by atoms with Gasteiger partial charge in [0.1, 0.15) is 0 Å². The zero-order valence-corrected chi connectivity index (χ0v) is 28.5. The number of para-hydroxylation sites is 1. The minimum absolute atomic E-state index is 0.344. The van der Waals surface area contributed by atoms with Crippen molar-refractivity contribution >= 4 is 38.6 Å². The van der Waals surface area contributed by atoms with Crippen molar-refractivity contribution in [2.75, 3.05) is 4.90 Å². The van der Waals surface area contributed by atoms with Gasteiger partial charge in [0, 0.05) is 17.1 Å². The minimum Gasteiger partial charge on any atom is -0.310 e. The van der Waals surface area contributed by atoms with Gasteiger partial charge in [-0.05, 0) is 120 Å². The lowest BCUT2D eigenvalue weighted by atomic mass is 9.70. The molecule has 2 aliphatic carbocycles. The fraction of sp³-hybridized carbons (Fsp3) is 0.0196. The lowest BCUT2D eigenvalue weighted by Crippen LogP contribution is -2.25. The van der Waals surface area contributed by atoms with E-state index in [1.807, 2.05) is 0 Å². The van der Waals surface area contributed by atoms with Gasteiger partial charge in [-0.1, -0.05) is 158 Å². The van der Waals surface area contributed by atoms with E-state index >= 15 is 0 Å². The van der Waals surface area contributed by atoms with Crippen LogP contribution in [0.1, 0.15) is 22.3 Å². The van der Waals surface area contributed by atoms with Crippen LogP contribution in [0.25, 0.3) is 54.9 Å². The molecule has 242 valence electrons. The summed E-state index contributed by atoms with van der Waals surface area (Å²) in [6.07, 6.45) is 0. The standard InChI is InChI=1S/C51H33N/c1-2-13-38(14-3-1)52(39-27-24-34(25-28-39)36-26-30-42-37(32-36)23-22-35-12-4-5-15-41(35)42)40-29-31-50-46(33-40)45-18-8-11-21-49(45)51(50)47-19-9-6-16-43(47)44-17-7-10-20-48(44)51/h1-33H.